The zero-order valence-corrected chi connectivity index (χ0v) is 26.6. The predicted octanol–water partition coefficient (Wildman–Crippen LogP) is 2.67. The number of fused-ring (bicyclic) bond motifs is 3. The van der Waals surface area contributed by atoms with Crippen LogP contribution < -0.4 is 24.8 Å². The zero-order valence-electron chi connectivity index (χ0n) is 22.6. The number of aryl methyl sites for hydroxylation is 1. The topological polar surface area (TPSA) is 0 Å². The van der Waals surface area contributed by atoms with E-state index in [0.717, 1.165) is 6.42 Å². The average molecular weight is 575 g/mol. The molecule has 0 nitrogen and oxygen atoms in total. The van der Waals surface area contributed by atoms with Crippen molar-refractivity contribution in [2.45, 2.75) is 91.9 Å². The van der Waals surface area contributed by atoms with Gasteiger partial charge in [-0.25, -0.2) is 12.1 Å². The van der Waals surface area contributed by atoms with Gasteiger partial charge in [0.15, 0.2) is 0 Å². The molecule has 0 saturated heterocycles. The fourth-order valence-corrected chi connectivity index (χ4v) is 4.34. The van der Waals surface area contributed by atoms with Crippen LogP contribution in [0.2, 0.25) is 0 Å². The number of hydrogen-bond donors (Lipinski definition) is 0. The van der Waals surface area contributed by atoms with E-state index in [2.05, 4.69) is 124 Å². The molecule has 0 unspecified atom stereocenters. The second-order valence-corrected chi connectivity index (χ2v) is 12.2. The molecule has 0 amide bonds. The fraction of sp³-hybridized carbons (Fsp3) is 0.452. The fourth-order valence-electron chi connectivity index (χ4n) is 4.34. The summed E-state index contributed by atoms with van der Waals surface area (Å²) in [7, 11) is 0. The van der Waals surface area contributed by atoms with Gasteiger partial charge in [0.2, 0.25) is 0 Å². The molecule has 0 heterocycles. The van der Waals surface area contributed by atoms with Gasteiger partial charge in [-0.1, -0.05) is 109 Å². The van der Waals surface area contributed by atoms with Crippen molar-refractivity contribution in [2.75, 3.05) is 0 Å². The first-order chi connectivity index (χ1) is 14.2. The summed E-state index contributed by atoms with van der Waals surface area (Å²) in [4.78, 5) is 0. The molecule has 0 aromatic heterocycles. The minimum Gasteiger partial charge on any atom is -1.00 e. The molecule has 1 aliphatic rings. The second kappa shape index (κ2) is 12.0. The van der Waals surface area contributed by atoms with Gasteiger partial charge in [0.1, 0.15) is 0 Å². The molecule has 4 rings (SSSR count). The largest absolute Gasteiger partial charge is 4.00 e. The van der Waals surface area contributed by atoms with Crippen molar-refractivity contribution in [1.29, 1.82) is 0 Å². The summed E-state index contributed by atoms with van der Waals surface area (Å²) >= 11 is 0. The smallest absolute Gasteiger partial charge is 1.00 e. The van der Waals surface area contributed by atoms with Crippen LogP contribution in [0.25, 0.3) is 11.1 Å². The number of halogens is 2. The average Bonchev–Trinajstić information content (AvgIpc) is 3.22. The molecule has 1 aliphatic carbocycles. The van der Waals surface area contributed by atoms with Crippen LogP contribution in [0.5, 0.6) is 0 Å². The van der Waals surface area contributed by atoms with Crippen molar-refractivity contribution >= 4 is 0 Å². The van der Waals surface area contributed by atoms with Crippen molar-refractivity contribution in [3.8, 4) is 11.1 Å². The SMILES string of the molecule is CC(C)(C)c1c[c-]c2c(c1)-c1cc(C(C)(C)C)ccc1C2.Cc1ccc[c-]1C(C)(C)C.[Cl-].[Cl-].[Zr+4]. The van der Waals surface area contributed by atoms with Gasteiger partial charge in [0, 0.05) is 0 Å². The standard InChI is InChI=1S/C21H25.C10H15.2ClH.Zr/c1-20(2,3)16-9-7-14-11-15-8-10-17(21(4,5)6)13-19(15)18(14)12-16;1-8-6-5-7-9(8)10(2,3)4;;;/h7,9-10,12-13H,11H2,1-6H3;5-7H,1-4H3;2*1H;/q2*-1;;;+4/p-2. The normalized spacial score (nSPS) is 12.2. The Morgan fingerprint density at radius 3 is 1.76 bits per heavy atom. The molecule has 0 saturated carbocycles. The molecule has 0 N–H and O–H groups in total. The van der Waals surface area contributed by atoms with Crippen molar-refractivity contribution in [3.05, 3.63) is 88.0 Å². The first kappa shape index (κ1) is 33.3. The van der Waals surface area contributed by atoms with Crippen LogP contribution in [0.3, 0.4) is 0 Å². The first-order valence-electron chi connectivity index (χ1n) is 11.6. The number of rotatable bonds is 0. The summed E-state index contributed by atoms with van der Waals surface area (Å²) < 4.78 is 0. The maximum atomic E-state index is 3.53. The molecule has 0 radical (unpaired) electrons. The predicted molar refractivity (Wildman–Crippen MR) is 136 cm³/mol. The quantitative estimate of drug-likeness (QED) is 0.284. The van der Waals surface area contributed by atoms with Gasteiger partial charge in [-0.05, 0) is 17.4 Å². The Morgan fingerprint density at radius 1 is 0.765 bits per heavy atom. The molecule has 34 heavy (non-hydrogen) atoms. The van der Waals surface area contributed by atoms with E-state index in [0.29, 0.717) is 5.41 Å². The molecule has 0 spiro atoms. The number of hydrogen-bond acceptors (Lipinski definition) is 0. The second-order valence-electron chi connectivity index (χ2n) is 12.2. The summed E-state index contributed by atoms with van der Waals surface area (Å²) in [6.07, 6.45) is 1.03. The zero-order chi connectivity index (χ0) is 23.2. The third-order valence-electron chi connectivity index (χ3n) is 6.37. The van der Waals surface area contributed by atoms with Crippen LogP contribution in [0.15, 0.2) is 48.5 Å². The van der Waals surface area contributed by atoms with E-state index in [-0.39, 0.29) is 61.8 Å². The minimum atomic E-state index is 0. The van der Waals surface area contributed by atoms with E-state index < -0.39 is 0 Å². The summed E-state index contributed by atoms with van der Waals surface area (Å²) in [5.41, 5.74) is 11.9. The summed E-state index contributed by atoms with van der Waals surface area (Å²) in [5.74, 6) is 0. The van der Waals surface area contributed by atoms with Crippen LogP contribution in [0, 0.1) is 13.0 Å². The third kappa shape index (κ3) is 7.62. The third-order valence-corrected chi connectivity index (χ3v) is 6.37. The Bertz CT molecular complexity index is 1010. The van der Waals surface area contributed by atoms with Gasteiger partial charge in [-0.2, -0.15) is 41.0 Å². The molecular formula is C31H40Cl2Zr. The summed E-state index contributed by atoms with van der Waals surface area (Å²) in [6.45, 7) is 22.5. The van der Waals surface area contributed by atoms with Crippen LogP contribution in [0.1, 0.15) is 95.7 Å². The molecule has 0 atom stereocenters. The van der Waals surface area contributed by atoms with Gasteiger partial charge in [0.25, 0.3) is 0 Å². The maximum absolute atomic E-state index is 3.53. The Morgan fingerprint density at radius 2 is 1.32 bits per heavy atom. The van der Waals surface area contributed by atoms with Crippen LogP contribution in [0.4, 0.5) is 0 Å². The van der Waals surface area contributed by atoms with Gasteiger partial charge in [-0.15, -0.1) is 11.1 Å². The van der Waals surface area contributed by atoms with E-state index in [1.165, 1.54) is 44.5 Å². The molecule has 3 heteroatoms. The van der Waals surface area contributed by atoms with Crippen molar-refractivity contribution in [3.63, 3.8) is 0 Å². The van der Waals surface area contributed by atoms with Crippen molar-refractivity contribution in [1.82, 2.24) is 0 Å². The van der Waals surface area contributed by atoms with Gasteiger partial charge in [-0.3, -0.25) is 0 Å². The Labute approximate surface area is 240 Å². The van der Waals surface area contributed by atoms with Crippen LogP contribution >= 0.6 is 0 Å². The summed E-state index contributed by atoms with van der Waals surface area (Å²) in [6, 6.07) is 21.6. The molecule has 3 aromatic rings. The van der Waals surface area contributed by atoms with Gasteiger partial charge >= 0.3 is 26.2 Å². The Kier molecular flexibility index (Phi) is 11.7. The molecule has 0 fully saturated rings. The monoisotopic (exact) mass is 572 g/mol. The van der Waals surface area contributed by atoms with Gasteiger partial charge < -0.3 is 24.8 Å². The van der Waals surface area contributed by atoms with E-state index in [1.807, 2.05) is 0 Å². The first-order valence-corrected chi connectivity index (χ1v) is 11.6. The van der Waals surface area contributed by atoms with Gasteiger partial charge in [0.05, 0.1) is 0 Å². The molecule has 182 valence electrons. The number of benzene rings is 2. The Hall–Kier alpha value is -0.747. The minimum absolute atomic E-state index is 0. The van der Waals surface area contributed by atoms with E-state index in [9.17, 15) is 0 Å². The van der Waals surface area contributed by atoms with E-state index >= 15 is 0 Å². The van der Waals surface area contributed by atoms with Crippen molar-refractivity contribution in [2.24, 2.45) is 0 Å². The Balaban J connectivity index is 0.000000721. The van der Waals surface area contributed by atoms with E-state index in [1.54, 1.807) is 0 Å². The summed E-state index contributed by atoms with van der Waals surface area (Å²) in [5, 5.41) is 0. The van der Waals surface area contributed by atoms with E-state index in [4.69, 9.17) is 0 Å². The van der Waals surface area contributed by atoms with Crippen LogP contribution in [-0.2, 0) is 48.9 Å². The molecule has 0 aliphatic heterocycles. The molecule has 3 aromatic carbocycles. The maximum Gasteiger partial charge on any atom is 4.00 e. The molecule has 0 bridgehead atoms. The van der Waals surface area contributed by atoms with Crippen LogP contribution in [-0.4, -0.2) is 0 Å². The van der Waals surface area contributed by atoms with Crippen molar-refractivity contribution < 1.29 is 51.0 Å². The molecular weight excluding hydrogens is 534 g/mol.